The first kappa shape index (κ1) is 17.5. The molecule has 1 aromatic carbocycles. The van der Waals surface area contributed by atoms with Crippen molar-refractivity contribution in [3.63, 3.8) is 0 Å². The van der Waals surface area contributed by atoms with Gasteiger partial charge in [0.15, 0.2) is 4.34 Å². The molecule has 0 aliphatic carbocycles. The summed E-state index contributed by atoms with van der Waals surface area (Å²) in [6, 6.07) is 7.03. The molecule has 0 radical (unpaired) electrons. The molecule has 2 N–H and O–H groups in total. The van der Waals surface area contributed by atoms with Crippen LogP contribution < -0.4 is 10.6 Å². The Morgan fingerprint density at radius 1 is 1.30 bits per heavy atom. The van der Waals surface area contributed by atoms with E-state index in [0.717, 1.165) is 10.0 Å². The maximum atomic E-state index is 12.2. The van der Waals surface area contributed by atoms with Gasteiger partial charge in [-0.15, -0.1) is 11.3 Å². The van der Waals surface area contributed by atoms with Gasteiger partial charge in [0, 0.05) is 17.1 Å². The zero-order valence-electron chi connectivity index (χ0n) is 13.3. The molecule has 7 heteroatoms. The predicted molar refractivity (Wildman–Crippen MR) is 95.2 cm³/mol. The van der Waals surface area contributed by atoms with Crippen molar-refractivity contribution in [1.82, 2.24) is 10.3 Å². The molecule has 5 nitrogen and oxygen atoms in total. The summed E-state index contributed by atoms with van der Waals surface area (Å²) >= 11 is 2.91. The molecule has 122 valence electrons. The average Bonchev–Trinajstić information content (AvgIpc) is 2.90. The molecule has 0 atom stereocenters. The number of carbonyl (C=O) groups excluding carboxylic acids is 2. The number of thioether (sulfide) groups is 1. The second-order valence-electron chi connectivity index (χ2n) is 5.27. The lowest BCUT2D eigenvalue weighted by molar-refractivity contribution is -0.113. The number of nitrogens with zero attached hydrogens (tertiary/aromatic N) is 1. The maximum absolute atomic E-state index is 12.2. The molecule has 0 aliphatic heterocycles. The second kappa shape index (κ2) is 8.12. The van der Waals surface area contributed by atoms with Gasteiger partial charge in [-0.3, -0.25) is 9.59 Å². The summed E-state index contributed by atoms with van der Waals surface area (Å²) in [7, 11) is 0. The molecular weight excluding hydrogens is 330 g/mol. The highest BCUT2D eigenvalue weighted by molar-refractivity contribution is 8.01. The normalized spacial score (nSPS) is 10.6. The Bertz CT molecular complexity index is 698. The van der Waals surface area contributed by atoms with E-state index < -0.39 is 0 Å². The number of carbonyl (C=O) groups is 2. The third-order valence-electron chi connectivity index (χ3n) is 2.79. The van der Waals surface area contributed by atoms with E-state index in [1.54, 1.807) is 24.3 Å². The van der Waals surface area contributed by atoms with Gasteiger partial charge in [-0.05, 0) is 32.9 Å². The van der Waals surface area contributed by atoms with Crippen LogP contribution >= 0.6 is 23.1 Å². The minimum Gasteiger partial charge on any atom is -0.350 e. The topological polar surface area (TPSA) is 71.1 Å². The molecule has 1 heterocycles. The van der Waals surface area contributed by atoms with E-state index in [1.165, 1.54) is 23.1 Å². The smallest absolute Gasteiger partial charge is 0.253 e. The van der Waals surface area contributed by atoms with Crippen LogP contribution in [0, 0.1) is 6.92 Å². The number of amides is 2. The summed E-state index contributed by atoms with van der Waals surface area (Å²) in [6.07, 6.45) is 0. The Hall–Kier alpha value is -1.86. The summed E-state index contributed by atoms with van der Waals surface area (Å²) < 4.78 is 0.864. The number of para-hydroxylation sites is 1. The third-order valence-corrected chi connectivity index (χ3v) is 4.93. The number of hydrogen-bond donors (Lipinski definition) is 2. The standard InChI is InChI=1S/C16H19N3O2S2/c1-10(2)17-15(21)12-6-4-5-7-13(12)19-14(20)9-23-16-18-11(3)8-22-16/h4-8,10H,9H2,1-3H3,(H,17,21)(H,19,20). The van der Waals surface area contributed by atoms with Crippen LogP contribution in [0.2, 0.25) is 0 Å². The Balaban J connectivity index is 1.99. The molecule has 0 saturated heterocycles. The van der Waals surface area contributed by atoms with Crippen molar-refractivity contribution in [1.29, 1.82) is 0 Å². The largest absolute Gasteiger partial charge is 0.350 e. The van der Waals surface area contributed by atoms with Gasteiger partial charge in [-0.25, -0.2) is 4.98 Å². The summed E-state index contributed by atoms with van der Waals surface area (Å²) in [4.78, 5) is 28.6. The Labute approximate surface area is 143 Å². The van der Waals surface area contributed by atoms with Crippen LogP contribution in [0.3, 0.4) is 0 Å². The van der Waals surface area contributed by atoms with Gasteiger partial charge in [0.1, 0.15) is 0 Å². The van der Waals surface area contributed by atoms with Crippen LogP contribution in [0.1, 0.15) is 29.9 Å². The number of nitrogens with one attached hydrogen (secondary N) is 2. The predicted octanol–water partition coefficient (Wildman–Crippen LogP) is 3.32. The van der Waals surface area contributed by atoms with Crippen LogP contribution in [0.25, 0.3) is 0 Å². The Kier molecular flexibility index (Phi) is 6.18. The van der Waals surface area contributed by atoms with E-state index in [-0.39, 0.29) is 23.6 Å². The van der Waals surface area contributed by atoms with E-state index in [9.17, 15) is 9.59 Å². The minimum atomic E-state index is -0.195. The Morgan fingerprint density at radius 3 is 2.70 bits per heavy atom. The molecule has 23 heavy (non-hydrogen) atoms. The van der Waals surface area contributed by atoms with Crippen LogP contribution in [-0.2, 0) is 4.79 Å². The van der Waals surface area contributed by atoms with Crippen molar-refractivity contribution in [3.8, 4) is 0 Å². The lowest BCUT2D eigenvalue weighted by Gasteiger charge is -2.12. The number of thiazole rings is 1. The van der Waals surface area contributed by atoms with E-state index in [4.69, 9.17) is 0 Å². The SMILES string of the molecule is Cc1csc(SCC(=O)Nc2ccccc2C(=O)NC(C)C)n1. The molecule has 2 amide bonds. The van der Waals surface area contributed by atoms with Crippen molar-refractivity contribution in [2.45, 2.75) is 31.2 Å². The monoisotopic (exact) mass is 349 g/mol. The first-order valence-electron chi connectivity index (χ1n) is 7.20. The van der Waals surface area contributed by atoms with Gasteiger partial charge < -0.3 is 10.6 Å². The lowest BCUT2D eigenvalue weighted by Crippen LogP contribution is -2.31. The van der Waals surface area contributed by atoms with Crippen molar-refractivity contribution in [2.75, 3.05) is 11.1 Å². The lowest BCUT2D eigenvalue weighted by atomic mass is 10.1. The highest BCUT2D eigenvalue weighted by Crippen LogP contribution is 2.23. The molecule has 0 fully saturated rings. The number of benzene rings is 1. The van der Waals surface area contributed by atoms with Gasteiger partial charge in [0.05, 0.1) is 17.0 Å². The molecule has 0 bridgehead atoms. The summed E-state index contributed by atoms with van der Waals surface area (Å²) in [5, 5.41) is 7.58. The van der Waals surface area contributed by atoms with Gasteiger partial charge in [-0.1, -0.05) is 23.9 Å². The highest BCUT2D eigenvalue weighted by atomic mass is 32.2. The van der Waals surface area contributed by atoms with Crippen molar-refractivity contribution in [2.24, 2.45) is 0 Å². The van der Waals surface area contributed by atoms with Crippen molar-refractivity contribution >= 4 is 40.6 Å². The molecule has 2 rings (SSSR count). The number of aromatic nitrogens is 1. The maximum Gasteiger partial charge on any atom is 0.253 e. The van der Waals surface area contributed by atoms with E-state index in [2.05, 4.69) is 15.6 Å². The van der Waals surface area contributed by atoms with E-state index >= 15 is 0 Å². The zero-order valence-corrected chi connectivity index (χ0v) is 14.9. The van der Waals surface area contributed by atoms with Crippen LogP contribution in [0.15, 0.2) is 34.0 Å². The number of hydrogen-bond acceptors (Lipinski definition) is 5. The molecule has 0 saturated carbocycles. The van der Waals surface area contributed by atoms with E-state index in [1.807, 2.05) is 26.2 Å². The average molecular weight is 349 g/mol. The van der Waals surface area contributed by atoms with Crippen molar-refractivity contribution < 1.29 is 9.59 Å². The minimum absolute atomic E-state index is 0.0370. The first-order valence-corrected chi connectivity index (χ1v) is 9.07. The summed E-state index contributed by atoms with van der Waals surface area (Å²) in [6.45, 7) is 5.71. The van der Waals surface area contributed by atoms with Gasteiger partial charge in [0.2, 0.25) is 5.91 Å². The van der Waals surface area contributed by atoms with Crippen LogP contribution in [0.4, 0.5) is 5.69 Å². The molecule has 0 unspecified atom stereocenters. The van der Waals surface area contributed by atoms with Gasteiger partial charge >= 0.3 is 0 Å². The van der Waals surface area contributed by atoms with E-state index in [0.29, 0.717) is 11.3 Å². The molecule has 1 aromatic heterocycles. The van der Waals surface area contributed by atoms with Crippen molar-refractivity contribution in [3.05, 3.63) is 40.9 Å². The molecule has 0 spiro atoms. The second-order valence-corrected chi connectivity index (χ2v) is 7.35. The summed E-state index contributed by atoms with van der Waals surface area (Å²) in [5.41, 5.74) is 1.94. The Morgan fingerprint density at radius 2 is 2.04 bits per heavy atom. The first-order chi connectivity index (χ1) is 11.0. The fraction of sp³-hybridized carbons (Fsp3) is 0.312. The quantitative estimate of drug-likeness (QED) is 0.785. The highest BCUT2D eigenvalue weighted by Gasteiger charge is 2.14. The van der Waals surface area contributed by atoms with Crippen LogP contribution in [0.5, 0.6) is 0 Å². The molecule has 2 aromatic rings. The number of aryl methyl sites for hydroxylation is 1. The fourth-order valence-electron chi connectivity index (χ4n) is 1.84. The van der Waals surface area contributed by atoms with Crippen LogP contribution in [-0.4, -0.2) is 28.6 Å². The summed E-state index contributed by atoms with van der Waals surface area (Å²) in [5.74, 6) is -0.0978. The number of anilines is 1. The van der Waals surface area contributed by atoms with Gasteiger partial charge in [-0.2, -0.15) is 0 Å². The zero-order chi connectivity index (χ0) is 16.8. The molecule has 0 aliphatic rings. The van der Waals surface area contributed by atoms with Gasteiger partial charge in [0.25, 0.3) is 5.91 Å². The fourth-order valence-corrected chi connectivity index (χ4v) is 3.49. The third kappa shape index (κ3) is 5.37. The number of rotatable bonds is 6. The molecular formula is C16H19N3O2S2.